The maximum absolute atomic E-state index is 10.8. The van der Waals surface area contributed by atoms with Crippen LogP contribution >= 0.6 is 0 Å². The summed E-state index contributed by atoms with van der Waals surface area (Å²) in [5.74, 6) is 1.22. The first-order valence-electron chi connectivity index (χ1n) is 9.50. The van der Waals surface area contributed by atoms with E-state index in [9.17, 15) is 5.11 Å². The number of fused-ring (bicyclic) bond motifs is 2. The Hall–Kier alpha value is -2.24. The van der Waals surface area contributed by atoms with Crippen LogP contribution in [0.1, 0.15) is 24.6 Å². The van der Waals surface area contributed by atoms with Crippen LogP contribution in [0.3, 0.4) is 0 Å². The summed E-state index contributed by atoms with van der Waals surface area (Å²) in [5.41, 5.74) is 3.26. The Kier molecular flexibility index (Phi) is 3.98. The SMILES string of the molecule is O[C@@H]1C[C@H]2CN(Cc3ccccn3)C[C@H]2C[C@H]1n1cnc2ccccc21. The van der Waals surface area contributed by atoms with Crippen molar-refractivity contribution >= 4 is 11.0 Å². The minimum absolute atomic E-state index is 0.124. The van der Waals surface area contributed by atoms with Gasteiger partial charge in [-0.2, -0.15) is 0 Å². The lowest BCUT2D eigenvalue weighted by Crippen LogP contribution is -2.36. The molecule has 1 aromatic carbocycles. The van der Waals surface area contributed by atoms with Crippen molar-refractivity contribution in [3.63, 3.8) is 0 Å². The third-order valence-corrected chi connectivity index (χ3v) is 6.13. The molecule has 2 aromatic heterocycles. The molecule has 0 spiro atoms. The number of hydrogen-bond acceptors (Lipinski definition) is 4. The molecule has 5 heteroatoms. The van der Waals surface area contributed by atoms with E-state index in [0.29, 0.717) is 11.8 Å². The van der Waals surface area contributed by atoms with Gasteiger partial charge < -0.3 is 9.67 Å². The maximum Gasteiger partial charge on any atom is 0.0961 e. The lowest BCUT2D eigenvalue weighted by atomic mass is 9.77. The van der Waals surface area contributed by atoms with Crippen LogP contribution in [0, 0.1) is 11.8 Å². The van der Waals surface area contributed by atoms with E-state index in [4.69, 9.17) is 0 Å². The number of imidazole rings is 1. The first-order valence-corrected chi connectivity index (χ1v) is 9.50. The summed E-state index contributed by atoms with van der Waals surface area (Å²) in [4.78, 5) is 11.5. The summed E-state index contributed by atoms with van der Waals surface area (Å²) in [7, 11) is 0. The fourth-order valence-corrected chi connectivity index (χ4v) is 4.90. The first-order chi connectivity index (χ1) is 12.8. The van der Waals surface area contributed by atoms with Crippen molar-refractivity contribution in [2.75, 3.05) is 13.1 Å². The van der Waals surface area contributed by atoms with E-state index in [1.165, 1.54) is 0 Å². The fourth-order valence-electron chi connectivity index (χ4n) is 4.90. The maximum atomic E-state index is 10.8. The van der Waals surface area contributed by atoms with Crippen LogP contribution in [0.4, 0.5) is 0 Å². The summed E-state index contributed by atoms with van der Waals surface area (Å²) in [6.07, 6.45) is 5.36. The second kappa shape index (κ2) is 6.49. The van der Waals surface area contributed by atoms with Gasteiger partial charge in [0.25, 0.3) is 0 Å². The number of nitrogens with zero attached hydrogens (tertiary/aromatic N) is 4. The highest BCUT2D eigenvalue weighted by molar-refractivity contribution is 5.75. The highest BCUT2D eigenvalue weighted by Gasteiger charge is 2.42. The van der Waals surface area contributed by atoms with E-state index in [-0.39, 0.29) is 12.1 Å². The summed E-state index contributed by atoms with van der Waals surface area (Å²) >= 11 is 0. The predicted octanol–water partition coefficient (Wildman–Crippen LogP) is 2.88. The normalized spacial score (nSPS) is 29.1. The zero-order chi connectivity index (χ0) is 17.5. The van der Waals surface area contributed by atoms with Crippen molar-refractivity contribution < 1.29 is 5.11 Å². The number of aliphatic hydroxyl groups is 1. The van der Waals surface area contributed by atoms with Crippen LogP contribution in [0.15, 0.2) is 55.0 Å². The molecule has 0 unspecified atom stereocenters. The molecule has 1 N–H and O–H groups in total. The third-order valence-electron chi connectivity index (χ3n) is 6.13. The molecule has 3 heterocycles. The van der Waals surface area contributed by atoms with Crippen molar-refractivity contribution in [1.82, 2.24) is 19.4 Å². The van der Waals surface area contributed by atoms with Gasteiger partial charge in [-0.3, -0.25) is 9.88 Å². The van der Waals surface area contributed by atoms with Gasteiger partial charge in [-0.15, -0.1) is 0 Å². The highest BCUT2D eigenvalue weighted by atomic mass is 16.3. The standard InChI is InChI=1S/C21H24N4O/c26-21-10-16-12-24(13-17-5-3-4-8-22-17)11-15(16)9-20(21)25-14-23-18-6-1-2-7-19(18)25/h1-8,14-16,20-21,26H,9-13H2/t15-,16+,20-,21-/m1/s1. The Morgan fingerprint density at radius 3 is 2.62 bits per heavy atom. The van der Waals surface area contributed by atoms with E-state index in [1.54, 1.807) is 0 Å². The number of pyridine rings is 1. The van der Waals surface area contributed by atoms with Gasteiger partial charge in [-0.25, -0.2) is 4.98 Å². The molecular formula is C21H24N4O. The van der Waals surface area contributed by atoms with Gasteiger partial charge in [-0.1, -0.05) is 18.2 Å². The van der Waals surface area contributed by atoms with Gasteiger partial charge in [-0.05, 0) is 48.9 Å². The third kappa shape index (κ3) is 2.81. The summed E-state index contributed by atoms with van der Waals surface area (Å²) in [6.45, 7) is 3.06. The van der Waals surface area contributed by atoms with Gasteiger partial charge in [0.1, 0.15) is 0 Å². The van der Waals surface area contributed by atoms with Crippen molar-refractivity contribution in [1.29, 1.82) is 0 Å². The van der Waals surface area contributed by atoms with E-state index >= 15 is 0 Å². The van der Waals surface area contributed by atoms with Gasteiger partial charge in [0.2, 0.25) is 0 Å². The molecule has 2 fully saturated rings. The molecule has 0 radical (unpaired) electrons. The monoisotopic (exact) mass is 348 g/mol. The zero-order valence-electron chi connectivity index (χ0n) is 14.8. The van der Waals surface area contributed by atoms with Crippen molar-refractivity contribution in [2.24, 2.45) is 11.8 Å². The predicted molar refractivity (Wildman–Crippen MR) is 101 cm³/mol. The van der Waals surface area contributed by atoms with Crippen LogP contribution in [-0.4, -0.2) is 43.7 Å². The minimum Gasteiger partial charge on any atom is -0.391 e. The molecule has 134 valence electrons. The van der Waals surface area contributed by atoms with Crippen LogP contribution in [0.2, 0.25) is 0 Å². The summed E-state index contributed by atoms with van der Waals surface area (Å²) in [5, 5.41) is 10.8. The lowest BCUT2D eigenvalue weighted by molar-refractivity contribution is 0.0374. The van der Waals surface area contributed by atoms with E-state index in [1.807, 2.05) is 36.8 Å². The second-order valence-electron chi connectivity index (χ2n) is 7.78. The number of aliphatic hydroxyl groups excluding tert-OH is 1. The average molecular weight is 348 g/mol. The van der Waals surface area contributed by atoms with Crippen LogP contribution in [0.5, 0.6) is 0 Å². The molecular weight excluding hydrogens is 324 g/mol. The Labute approximate surface area is 153 Å². The molecule has 1 aliphatic carbocycles. The smallest absolute Gasteiger partial charge is 0.0961 e. The molecule has 26 heavy (non-hydrogen) atoms. The highest BCUT2D eigenvalue weighted by Crippen LogP contribution is 2.42. The number of rotatable bonds is 3. The van der Waals surface area contributed by atoms with Gasteiger partial charge in [0, 0.05) is 25.8 Å². The molecule has 2 aliphatic rings. The van der Waals surface area contributed by atoms with Crippen molar-refractivity contribution in [2.45, 2.75) is 31.5 Å². The number of likely N-dealkylation sites (tertiary alicyclic amines) is 1. The summed E-state index contributed by atoms with van der Waals surface area (Å²) in [6, 6.07) is 14.4. The molecule has 4 atom stereocenters. The Bertz CT molecular complexity index is 893. The van der Waals surface area contributed by atoms with E-state index in [0.717, 1.165) is 49.2 Å². The Morgan fingerprint density at radius 2 is 1.77 bits per heavy atom. The van der Waals surface area contributed by atoms with Crippen LogP contribution < -0.4 is 0 Å². The second-order valence-corrected chi connectivity index (χ2v) is 7.78. The number of hydrogen-bond donors (Lipinski definition) is 1. The molecule has 5 nitrogen and oxygen atoms in total. The van der Waals surface area contributed by atoms with Crippen molar-refractivity contribution in [3.05, 3.63) is 60.7 Å². The Morgan fingerprint density at radius 1 is 0.962 bits per heavy atom. The fraction of sp³-hybridized carbons (Fsp3) is 0.429. The molecule has 1 aliphatic heterocycles. The number of aromatic nitrogens is 3. The van der Waals surface area contributed by atoms with E-state index in [2.05, 4.69) is 37.6 Å². The molecule has 0 amide bonds. The van der Waals surface area contributed by atoms with E-state index < -0.39 is 0 Å². The zero-order valence-corrected chi connectivity index (χ0v) is 14.8. The first kappa shape index (κ1) is 16.0. The quantitative estimate of drug-likeness (QED) is 0.791. The van der Waals surface area contributed by atoms with Gasteiger partial charge in [0.05, 0.1) is 35.2 Å². The number of para-hydroxylation sites is 2. The number of benzene rings is 1. The van der Waals surface area contributed by atoms with Gasteiger partial charge >= 0.3 is 0 Å². The average Bonchev–Trinajstić information content (AvgIpc) is 3.25. The van der Waals surface area contributed by atoms with Crippen LogP contribution in [0.25, 0.3) is 11.0 Å². The summed E-state index contributed by atoms with van der Waals surface area (Å²) < 4.78 is 2.19. The molecule has 0 bridgehead atoms. The van der Waals surface area contributed by atoms with Crippen molar-refractivity contribution in [3.8, 4) is 0 Å². The molecule has 1 saturated carbocycles. The topological polar surface area (TPSA) is 54.2 Å². The van der Waals surface area contributed by atoms with Gasteiger partial charge in [0.15, 0.2) is 0 Å². The molecule has 3 aromatic rings. The molecule has 5 rings (SSSR count). The van der Waals surface area contributed by atoms with Crippen LogP contribution in [-0.2, 0) is 6.54 Å². The largest absolute Gasteiger partial charge is 0.391 e. The Balaban J connectivity index is 1.34. The minimum atomic E-state index is -0.302. The molecule has 1 saturated heterocycles. The lowest BCUT2D eigenvalue weighted by Gasteiger charge is -2.36.